The molecule has 2 aromatic rings. The Labute approximate surface area is 111 Å². The van der Waals surface area contributed by atoms with Crippen LogP contribution >= 0.6 is 0 Å². The first-order chi connectivity index (χ1) is 8.79. The van der Waals surface area contributed by atoms with E-state index in [4.69, 9.17) is 5.11 Å². The van der Waals surface area contributed by atoms with Gasteiger partial charge in [0, 0.05) is 6.26 Å². The summed E-state index contributed by atoms with van der Waals surface area (Å²) in [7, 11) is -3.23. The normalized spacial score (nSPS) is 13.4. The van der Waals surface area contributed by atoms with Crippen LogP contribution in [0.15, 0.2) is 41.3 Å². The van der Waals surface area contributed by atoms with Crippen molar-refractivity contribution in [2.45, 2.75) is 17.7 Å². The third-order valence-corrected chi connectivity index (χ3v) is 4.24. The first-order valence-electron chi connectivity index (χ1n) is 5.75. The number of carbonyl (C=O) groups is 1. The Morgan fingerprint density at radius 2 is 1.68 bits per heavy atom. The van der Waals surface area contributed by atoms with Gasteiger partial charge in [0.25, 0.3) is 0 Å². The van der Waals surface area contributed by atoms with E-state index in [1.54, 1.807) is 37.3 Å². The lowest BCUT2D eigenvalue weighted by Gasteiger charge is -2.08. The molecule has 0 saturated heterocycles. The maximum absolute atomic E-state index is 11.5. The number of rotatable bonds is 3. The van der Waals surface area contributed by atoms with Crippen LogP contribution in [0.4, 0.5) is 0 Å². The largest absolute Gasteiger partial charge is 0.481 e. The molecular formula is C14H14O4S. The van der Waals surface area contributed by atoms with Crippen molar-refractivity contribution in [2.75, 3.05) is 6.26 Å². The van der Waals surface area contributed by atoms with Crippen molar-refractivity contribution in [3.8, 4) is 0 Å². The zero-order valence-corrected chi connectivity index (χ0v) is 11.4. The number of carboxylic acids is 1. The Kier molecular flexibility index (Phi) is 3.32. The molecule has 4 nitrogen and oxygen atoms in total. The minimum Gasteiger partial charge on any atom is -0.481 e. The van der Waals surface area contributed by atoms with E-state index in [0.717, 1.165) is 17.0 Å². The Bertz CT molecular complexity index is 747. The summed E-state index contributed by atoms with van der Waals surface area (Å²) in [5.74, 6) is -1.47. The fourth-order valence-electron chi connectivity index (χ4n) is 1.88. The summed E-state index contributed by atoms with van der Waals surface area (Å²) < 4.78 is 22.9. The van der Waals surface area contributed by atoms with Gasteiger partial charge in [-0.3, -0.25) is 4.79 Å². The van der Waals surface area contributed by atoms with E-state index in [0.29, 0.717) is 5.56 Å². The van der Waals surface area contributed by atoms with Gasteiger partial charge in [-0.15, -0.1) is 0 Å². The summed E-state index contributed by atoms with van der Waals surface area (Å²) in [6, 6.07) is 10.1. The minimum atomic E-state index is -3.23. The Morgan fingerprint density at radius 3 is 2.26 bits per heavy atom. The molecule has 0 spiro atoms. The molecule has 0 aromatic heterocycles. The molecule has 0 aliphatic carbocycles. The van der Waals surface area contributed by atoms with Crippen molar-refractivity contribution in [1.29, 1.82) is 0 Å². The van der Waals surface area contributed by atoms with Crippen LogP contribution in [-0.4, -0.2) is 25.7 Å². The average Bonchev–Trinajstić information content (AvgIpc) is 2.35. The molecule has 0 aliphatic heterocycles. The molecule has 1 unspecified atom stereocenters. The fourth-order valence-corrected chi connectivity index (χ4v) is 2.54. The van der Waals surface area contributed by atoms with Gasteiger partial charge in [-0.2, -0.15) is 0 Å². The quantitative estimate of drug-likeness (QED) is 0.936. The molecule has 0 radical (unpaired) electrons. The summed E-state index contributed by atoms with van der Waals surface area (Å²) >= 11 is 0. The van der Waals surface area contributed by atoms with Crippen LogP contribution < -0.4 is 0 Å². The maximum Gasteiger partial charge on any atom is 0.310 e. The highest BCUT2D eigenvalue weighted by Crippen LogP contribution is 2.24. The molecule has 19 heavy (non-hydrogen) atoms. The van der Waals surface area contributed by atoms with Crippen LogP contribution in [0.1, 0.15) is 18.4 Å². The van der Waals surface area contributed by atoms with Gasteiger partial charge in [0.05, 0.1) is 10.8 Å². The first kappa shape index (κ1) is 13.5. The molecule has 1 atom stereocenters. The van der Waals surface area contributed by atoms with Crippen LogP contribution in [0, 0.1) is 0 Å². The molecule has 0 fully saturated rings. The number of carboxylic acid groups (broad SMARTS) is 1. The van der Waals surface area contributed by atoms with Crippen molar-refractivity contribution >= 4 is 26.6 Å². The Morgan fingerprint density at radius 1 is 1.11 bits per heavy atom. The van der Waals surface area contributed by atoms with E-state index >= 15 is 0 Å². The third kappa shape index (κ3) is 2.76. The molecule has 5 heteroatoms. The van der Waals surface area contributed by atoms with Crippen molar-refractivity contribution in [3.63, 3.8) is 0 Å². The van der Waals surface area contributed by atoms with E-state index in [-0.39, 0.29) is 4.90 Å². The van der Waals surface area contributed by atoms with Crippen molar-refractivity contribution in [2.24, 2.45) is 0 Å². The summed E-state index contributed by atoms with van der Waals surface area (Å²) in [5.41, 5.74) is 0.701. The summed E-state index contributed by atoms with van der Waals surface area (Å²) in [6.07, 6.45) is 1.16. The highest BCUT2D eigenvalue weighted by atomic mass is 32.2. The van der Waals surface area contributed by atoms with Crippen LogP contribution in [0.25, 0.3) is 10.8 Å². The zero-order valence-electron chi connectivity index (χ0n) is 10.6. The Balaban J connectivity index is 2.55. The number of hydrogen-bond donors (Lipinski definition) is 1. The molecule has 0 heterocycles. The highest BCUT2D eigenvalue weighted by Gasteiger charge is 2.14. The van der Waals surface area contributed by atoms with Gasteiger partial charge >= 0.3 is 5.97 Å². The predicted octanol–water partition coefficient (Wildman–Crippen LogP) is 2.43. The van der Waals surface area contributed by atoms with E-state index in [2.05, 4.69) is 0 Å². The van der Waals surface area contributed by atoms with Crippen molar-refractivity contribution in [1.82, 2.24) is 0 Å². The van der Waals surface area contributed by atoms with Gasteiger partial charge in [-0.25, -0.2) is 8.42 Å². The monoisotopic (exact) mass is 278 g/mol. The second kappa shape index (κ2) is 4.66. The van der Waals surface area contributed by atoms with Gasteiger partial charge in [-0.1, -0.05) is 24.3 Å². The minimum absolute atomic E-state index is 0.263. The lowest BCUT2D eigenvalue weighted by Crippen LogP contribution is -2.07. The smallest absolute Gasteiger partial charge is 0.310 e. The van der Waals surface area contributed by atoms with Crippen LogP contribution in [0.2, 0.25) is 0 Å². The van der Waals surface area contributed by atoms with Crippen molar-refractivity contribution in [3.05, 3.63) is 42.0 Å². The van der Waals surface area contributed by atoms with Gasteiger partial charge in [-0.05, 0) is 35.4 Å². The second-order valence-electron chi connectivity index (χ2n) is 4.60. The number of sulfone groups is 1. The SMILES string of the molecule is CC(C(=O)O)c1ccc2cc(S(C)(=O)=O)ccc2c1. The zero-order chi connectivity index (χ0) is 14.2. The number of fused-ring (bicyclic) bond motifs is 1. The predicted molar refractivity (Wildman–Crippen MR) is 73.1 cm³/mol. The molecule has 100 valence electrons. The van der Waals surface area contributed by atoms with E-state index in [9.17, 15) is 13.2 Å². The van der Waals surface area contributed by atoms with Gasteiger partial charge < -0.3 is 5.11 Å². The van der Waals surface area contributed by atoms with Crippen LogP contribution in [-0.2, 0) is 14.6 Å². The molecular weight excluding hydrogens is 264 g/mol. The number of hydrogen-bond acceptors (Lipinski definition) is 3. The first-order valence-corrected chi connectivity index (χ1v) is 7.65. The average molecular weight is 278 g/mol. The summed E-state index contributed by atoms with van der Waals surface area (Å²) in [5, 5.41) is 10.6. The van der Waals surface area contributed by atoms with Crippen LogP contribution in [0.5, 0.6) is 0 Å². The van der Waals surface area contributed by atoms with Crippen LogP contribution in [0.3, 0.4) is 0 Å². The topological polar surface area (TPSA) is 71.4 Å². The van der Waals surface area contributed by atoms with Gasteiger partial charge in [0.2, 0.25) is 0 Å². The van der Waals surface area contributed by atoms with Gasteiger partial charge in [0.15, 0.2) is 9.84 Å². The van der Waals surface area contributed by atoms with E-state index in [1.165, 1.54) is 6.07 Å². The van der Waals surface area contributed by atoms with Gasteiger partial charge in [0.1, 0.15) is 0 Å². The number of aliphatic carboxylic acids is 1. The Hall–Kier alpha value is -1.88. The second-order valence-corrected chi connectivity index (χ2v) is 6.62. The lowest BCUT2D eigenvalue weighted by molar-refractivity contribution is -0.138. The number of benzene rings is 2. The third-order valence-electron chi connectivity index (χ3n) is 3.13. The maximum atomic E-state index is 11.5. The van der Waals surface area contributed by atoms with Crippen molar-refractivity contribution < 1.29 is 18.3 Å². The molecule has 1 N–H and O–H groups in total. The lowest BCUT2D eigenvalue weighted by atomic mass is 9.98. The molecule has 0 bridgehead atoms. The van der Waals surface area contributed by atoms with E-state index in [1.807, 2.05) is 0 Å². The molecule has 0 amide bonds. The summed E-state index contributed by atoms with van der Waals surface area (Å²) in [4.78, 5) is 11.2. The van der Waals surface area contributed by atoms with E-state index < -0.39 is 21.7 Å². The standard InChI is InChI=1S/C14H14O4S/c1-9(14(15)16)10-3-4-12-8-13(19(2,17)18)6-5-11(12)7-10/h3-9H,1-2H3,(H,15,16). The molecule has 2 aromatic carbocycles. The fraction of sp³-hybridized carbons (Fsp3) is 0.214. The molecule has 2 rings (SSSR count). The molecule has 0 aliphatic rings. The highest BCUT2D eigenvalue weighted by molar-refractivity contribution is 7.90. The molecule has 0 saturated carbocycles. The summed E-state index contributed by atoms with van der Waals surface area (Å²) in [6.45, 7) is 1.62.